The maximum atomic E-state index is 15.4. The lowest BCUT2D eigenvalue weighted by molar-refractivity contribution is 0.0213. The van der Waals surface area contributed by atoms with E-state index in [1.807, 2.05) is 6.92 Å². The Labute approximate surface area is 209 Å². The number of aromatic carboxylic acids is 1. The predicted octanol–water partition coefficient (Wildman–Crippen LogP) is 3.18. The van der Waals surface area contributed by atoms with Crippen LogP contribution in [0.15, 0.2) is 29.2 Å². The molecule has 1 aromatic heterocycles. The highest BCUT2D eigenvalue weighted by atomic mass is 35.5. The Morgan fingerprint density at radius 2 is 1.94 bits per heavy atom. The molecule has 1 unspecified atom stereocenters. The maximum Gasteiger partial charge on any atom is 0.341 e. The highest BCUT2D eigenvalue weighted by Gasteiger charge is 2.26. The van der Waals surface area contributed by atoms with E-state index in [9.17, 15) is 24.2 Å². The zero-order chi connectivity index (χ0) is 26.1. The van der Waals surface area contributed by atoms with Crippen molar-refractivity contribution in [3.05, 3.63) is 62.4 Å². The number of aromatic nitrogens is 1. The number of anilines is 2. The number of nitrogens with two attached hydrogens (primary N) is 1. The van der Waals surface area contributed by atoms with Crippen LogP contribution in [-0.2, 0) is 11.3 Å². The third-order valence-electron chi connectivity index (χ3n) is 6.22. The fraction of sp³-hybridized carbons (Fsp3) is 0.333. The van der Waals surface area contributed by atoms with Crippen molar-refractivity contribution in [1.82, 2.24) is 9.47 Å². The molecule has 192 valence electrons. The smallest absolute Gasteiger partial charge is 0.341 e. The van der Waals surface area contributed by atoms with Gasteiger partial charge in [0.1, 0.15) is 17.2 Å². The number of carboxylic acids is 1. The Morgan fingerprint density at radius 3 is 2.56 bits per heavy atom. The van der Waals surface area contributed by atoms with E-state index in [1.54, 1.807) is 0 Å². The minimum Gasteiger partial charge on any atom is -0.477 e. The van der Waals surface area contributed by atoms with Gasteiger partial charge in [0.2, 0.25) is 5.43 Å². The molecule has 3 aromatic rings. The second-order valence-electron chi connectivity index (χ2n) is 8.37. The van der Waals surface area contributed by atoms with E-state index in [1.165, 1.54) is 10.6 Å². The molecule has 1 fully saturated rings. The number of halogens is 3. The van der Waals surface area contributed by atoms with Crippen molar-refractivity contribution in [3.63, 3.8) is 0 Å². The molecular weight excluding hydrogens is 498 g/mol. The highest BCUT2D eigenvalue weighted by Crippen LogP contribution is 2.36. The lowest BCUT2D eigenvalue weighted by atomic mass is 10.1. The van der Waals surface area contributed by atoms with E-state index in [4.69, 9.17) is 22.1 Å². The van der Waals surface area contributed by atoms with Crippen LogP contribution in [-0.4, -0.2) is 58.1 Å². The van der Waals surface area contributed by atoms with E-state index in [-0.39, 0.29) is 44.7 Å². The van der Waals surface area contributed by atoms with Crippen molar-refractivity contribution in [2.24, 2.45) is 0 Å². The summed E-state index contributed by atoms with van der Waals surface area (Å²) in [6.07, 6.45) is 1.30. The molecule has 1 aliphatic rings. The van der Waals surface area contributed by atoms with E-state index in [0.29, 0.717) is 32.7 Å². The molecule has 0 amide bonds. The number of carbonyl (C=O) groups is 1. The van der Waals surface area contributed by atoms with Gasteiger partial charge in [0.05, 0.1) is 59.0 Å². The maximum absolute atomic E-state index is 15.4. The van der Waals surface area contributed by atoms with E-state index in [0.717, 1.165) is 18.3 Å². The fourth-order valence-electron chi connectivity index (χ4n) is 4.37. The summed E-state index contributed by atoms with van der Waals surface area (Å²) in [5.41, 5.74) is 3.90. The van der Waals surface area contributed by atoms with Crippen molar-refractivity contribution in [3.8, 4) is 5.69 Å². The standard InChI is InChI=1S/C24H25ClF2N4O5/c1-2-19(30-3-5-36-6-4-30)29-21-16(27)8-13-22(20(21)25)31(10-14(23(13)33)24(34)35)18-9-17(28)15(26)7-12(18)11-32/h7-10,19,29,32H,2-6,11,28H2,1H3,(H,34,35). The average molecular weight is 523 g/mol. The van der Waals surface area contributed by atoms with Gasteiger partial charge in [-0.05, 0) is 24.6 Å². The molecule has 1 aliphatic heterocycles. The molecule has 0 bridgehead atoms. The number of hydrogen-bond donors (Lipinski definition) is 4. The summed E-state index contributed by atoms with van der Waals surface area (Å²) in [4.78, 5) is 26.9. The summed E-state index contributed by atoms with van der Waals surface area (Å²) >= 11 is 6.69. The Hall–Kier alpha value is -3.25. The number of nitrogens with zero attached hydrogens (tertiary/aromatic N) is 2. The van der Waals surface area contributed by atoms with Crippen LogP contribution < -0.4 is 16.5 Å². The Morgan fingerprint density at radius 1 is 1.25 bits per heavy atom. The number of benzene rings is 2. The van der Waals surface area contributed by atoms with Gasteiger partial charge in [-0.1, -0.05) is 18.5 Å². The summed E-state index contributed by atoms with van der Waals surface area (Å²) in [6.45, 7) is 3.60. The molecule has 2 heterocycles. The normalized spacial score (nSPS) is 15.2. The van der Waals surface area contributed by atoms with E-state index >= 15 is 4.39 Å². The number of nitrogens with one attached hydrogen (secondary N) is 1. The van der Waals surface area contributed by atoms with Crippen molar-refractivity contribution in [1.29, 1.82) is 0 Å². The van der Waals surface area contributed by atoms with Gasteiger partial charge < -0.3 is 30.6 Å². The van der Waals surface area contributed by atoms with Crippen LogP contribution in [0.5, 0.6) is 0 Å². The molecular formula is C24H25ClF2N4O5. The van der Waals surface area contributed by atoms with Gasteiger partial charge in [0, 0.05) is 24.8 Å². The summed E-state index contributed by atoms with van der Waals surface area (Å²) < 4.78 is 36.1. The van der Waals surface area contributed by atoms with Gasteiger partial charge in [-0.2, -0.15) is 0 Å². The zero-order valence-corrected chi connectivity index (χ0v) is 20.1. The number of rotatable bonds is 7. The molecule has 5 N–H and O–H groups in total. The van der Waals surface area contributed by atoms with Crippen LogP contribution in [0, 0.1) is 11.6 Å². The van der Waals surface area contributed by atoms with Gasteiger partial charge >= 0.3 is 5.97 Å². The lowest BCUT2D eigenvalue weighted by Gasteiger charge is -2.35. The number of morpholine rings is 1. The van der Waals surface area contributed by atoms with E-state index < -0.39 is 35.2 Å². The first-order chi connectivity index (χ1) is 17.2. The van der Waals surface area contributed by atoms with Crippen LogP contribution in [0.3, 0.4) is 0 Å². The van der Waals surface area contributed by atoms with Crippen molar-refractivity contribution in [2.75, 3.05) is 37.4 Å². The number of aliphatic hydroxyl groups excluding tert-OH is 1. The summed E-state index contributed by atoms with van der Waals surface area (Å²) in [6, 6.07) is 3.11. The highest BCUT2D eigenvalue weighted by molar-refractivity contribution is 6.38. The van der Waals surface area contributed by atoms with Gasteiger partial charge in [-0.15, -0.1) is 0 Å². The first kappa shape index (κ1) is 25.8. The molecule has 0 spiro atoms. The lowest BCUT2D eigenvalue weighted by Crippen LogP contribution is -2.47. The van der Waals surface area contributed by atoms with E-state index in [2.05, 4.69) is 10.2 Å². The summed E-state index contributed by atoms with van der Waals surface area (Å²) in [7, 11) is 0. The first-order valence-corrected chi connectivity index (χ1v) is 11.6. The minimum absolute atomic E-state index is 0.0203. The van der Waals surface area contributed by atoms with Crippen LogP contribution in [0.2, 0.25) is 5.02 Å². The minimum atomic E-state index is -1.55. The van der Waals surface area contributed by atoms with Crippen LogP contribution in [0.25, 0.3) is 16.6 Å². The third-order valence-corrected chi connectivity index (χ3v) is 6.59. The monoisotopic (exact) mass is 522 g/mol. The van der Waals surface area contributed by atoms with Crippen molar-refractivity contribution in [2.45, 2.75) is 26.1 Å². The number of carboxylic acid groups (broad SMARTS) is 1. The Bertz CT molecular complexity index is 1390. The predicted molar refractivity (Wildman–Crippen MR) is 132 cm³/mol. The summed E-state index contributed by atoms with van der Waals surface area (Å²) in [5, 5.41) is 22.1. The van der Waals surface area contributed by atoms with Crippen LogP contribution in [0.1, 0.15) is 29.3 Å². The second kappa shape index (κ2) is 10.4. The largest absolute Gasteiger partial charge is 0.477 e. The quantitative estimate of drug-likeness (QED) is 0.348. The number of fused-ring (bicyclic) bond motifs is 1. The Kier molecular flexibility index (Phi) is 7.46. The first-order valence-electron chi connectivity index (χ1n) is 11.3. The molecule has 1 saturated heterocycles. The fourth-order valence-corrected chi connectivity index (χ4v) is 4.70. The van der Waals surface area contributed by atoms with Gasteiger partial charge in [-0.25, -0.2) is 13.6 Å². The third kappa shape index (κ3) is 4.62. The van der Waals surface area contributed by atoms with Gasteiger partial charge in [0.25, 0.3) is 0 Å². The molecule has 12 heteroatoms. The van der Waals surface area contributed by atoms with Gasteiger partial charge in [-0.3, -0.25) is 9.69 Å². The molecule has 0 radical (unpaired) electrons. The van der Waals surface area contributed by atoms with Crippen molar-refractivity contribution < 1.29 is 28.5 Å². The molecule has 4 rings (SSSR count). The molecule has 2 aromatic carbocycles. The number of nitrogen functional groups attached to an aromatic ring is 1. The number of hydrogen-bond acceptors (Lipinski definition) is 7. The number of ether oxygens (including phenoxy) is 1. The summed E-state index contributed by atoms with van der Waals surface area (Å²) in [5.74, 6) is -3.18. The van der Waals surface area contributed by atoms with Gasteiger partial charge in [0.15, 0.2) is 0 Å². The SMILES string of the molecule is CCC(Nc1c(F)cc2c(=O)c(C(=O)O)cn(-c3cc(N)c(F)cc3CO)c2c1Cl)N1CCOCC1. The molecule has 0 aliphatic carbocycles. The molecule has 9 nitrogen and oxygen atoms in total. The number of pyridine rings is 1. The molecule has 36 heavy (non-hydrogen) atoms. The number of aliphatic hydroxyl groups is 1. The zero-order valence-electron chi connectivity index (χ0n) is 19.4. The van der Waals surface area contributed by atoms with Crippen LogP contribution >= 0.6 is 11.6 Å². The average Bonchev–Trinajstić information content (AvgIpc) is 2.86. The van der Waals surface area contributed by atoms with Crippen LogP contribution in [0.4, 0.5) is 20.2 Å². The topological polar surface area (TPSA) is 130 Å². The second-order valence-corrected chi connectivity index (χ2v) is 8.75. The molecule has 1 atom stereocenters. The van der Waals surface area contributed by atoms with Crippen molar-refractivity contribution >= 4 is 39.8 Å². The Balaban J connectivity index is 2.00. The molecule has 0 saturated carbocycles.